The second kappa shape index (κ2) is 7.54. The van der Waals surface area contributed by atoms with Crippen molar-refractivity contribution < 1.29 is 8.42 Å². The fourth-order valence-electron chi connectivity index (χ4n) is 2.15. The third kappa shape index (κ3) is 6.77. The van der Waals surface area contributed by atoms with Crippen LogP contribution in [0.25, 0.3) is 0 Å². The van der Waals surface area contributed by atoms with Gasteiger partial charge >= 0.3 is 0 Å². The molecule has 4 heteroatoms. The summed E-state index contributed by atoms with van der Waals surface area (Å²) in [7, 11) is -0.889. The van der Waals surface area contributed by atoms with Crippen LogP contribution in [0.4, 0.5) is 0 Å². The minimum absolute atomic E-state index is 0.294. The van der Waals surface area contributed by atoms with Crippen LogP contribution in [0.2, 0.25) is 0 Å². The number of nitrogens with one attached hydrogen (secondary N) is 1. The summed E-state index contributed by atoms with van der Waals surface area (Å²) in [4.78, 5) is 0. The summed E-state index contributed by atoms with van der Waals surface area (Å²) in [5, 5.41) is 3.19. The van der Waals surface area contributed by atoms with E-state index in [0.29, 0.717) is 11.7 Å². The highest BCUT2D eigenvalue weighted by Gasteiger charge is 2.10. The van der Waals surface area contributed by atoms with Crippen LogP contribution in [-0.4, -0.2) is 34.0 Å². The Kier molecular flexibility index (Phi) is 6.36. The number of sulfone groups is 1. The van der Waals surface area contributed by atoms with E-state index in [1.165, 1.54) is 11.8 Å². The van der Waals surface area contributed by atoms with E-state index in [-0.39, 0.29) is 0 Å². The van der Waals surface area contributed by atoms with Crippen molar-refractivity contribution in [2.75, 3.05) is 25.6 Å². The number of rotatable bonds is 8. The van der Waals surface area contributed by atoms with E-state index in [1.54, 1.807) is 0 Å². The fourth-order valence-corrected chi connectivity index (χ4v) is 2.84. The smallest absolute Gasteiger partial charge is 0.147 e. The molecule has 0 radical (unpaired) electrons. The van der Waals surface area contributed by atoms with Crippen LogP contribution in [0.15, 0.2) is 30.3 Å². The van der Waals surface area contributed by atoms with Crippen molar-refractivity contribution in [3.8, 4) is 0 Å². The summed E-state index contributed by atoms with van der Waals surface area (Å²) >= 11 is 0. The summed E-state index contributed by atoms with van der Waals surface area (Å²) in [6.07, 6.45) is 4.00. The van der Waals surface area contributed by atoms with Gasteiger partial charge in [-0.15, -0.1) is 0 Å². The van der Waals surface area contributed by atoms with Crippen LogP contribution in [0.3, 0.4) is 0 Å². The molecule has 1 atom stereocenters. The molecule has 0 saturated carbocycles. The highest BCUT2D eigenvalue weighted by molar-refractivity contribution is 7.90. The van der Waals surface area contributed by atoms with E-state index in [2.05, 4.69) is 17.4 Å². The molecule has 102 valence electrons. The Morgan fingerprint density at radius 2 is 1.89 bits per heavy atom. The largest absolute Gasteiger partial charge is 0.319 e. The van der Waals surface area contributed by atoms with Crippen LogP contribution < -0.4 is 5.32 Å². The second-order valence-electron chi connectivity index (χ2n) is 4.89. The maximum absolute atomic E-state index is 11.1. The van der Waals surface area contributed by atoms with Crippen LogP contribution in [-0.2, 0) is 16.3 Å². The number of hydrogen-bond donors (Lipinski definition) is 1. The Balaban J connectivity index is 2.45. The first kappa shape index (κ1) is 15.2. The molecule has 0 bridgehead atoms. The average molecular weight is 269 g/mol. The maximum atomic E-state index is 11.1. The molecule has 1 aromatic carbocycles. The summed E-state index contributed by atoms with van der Waals surface area (Å²) in [5.41, 5.74) is 1.32. The van der Waals surface area contributed by atoms with Crippen LogP contribution in [0.1, 0.15) is 18.4 Å². The quantitative estimate of drug-likeness (QED) is 0.784. The normalized spacial score (nSPS) is 13.4. The molecule has 1 unspecified atom stereocenters. The van der Waals surface area contributed by atoms with Crippen molar-refractivity contribution in [1.82, 2.24) is 5.32 Å². The van der Waals surface area contributed by atoms with E-state index in [4.69, 9.17) is 0 Å². The van der Waals surface area contributed by atoms with Gasteiger partial charge in [0.15, 0.2) is 0 Å². The molecule has 3 nitrogen and oxygen atoms in total. The van der Waals surface area contributed by atoms with Crippen molar-refractivity contribution in [1.29, 1.82) is 0 Å². The molecule has 0 spiro atoms. The van der Waals surface area contributed by atoms with Crippen molar-refractivity contribution >= 4 is 9.84 Å². The van der Waals surface area contributed by atoms with Crippen molar-refractivity contribution in [2.45, 2.75) is 19.3 Å². The Morgan fingerprint density at radius 1 is 1.22 bits per heavy atom. The molecule has 0 fully saturated rings. The number of hydrogen-bond acceptors (Lipinski definition) is 3. The Labute approximate surface area is 111 Å². The first-order valence-electron chi connectivity index (χ1n) is 6.37. The summed E-state index contributed by atoms with van der Waals surface area (Å²) in [6, 6.07) is 10.4. The molecule has 0 aliphatic heterocycles. The molecular weight excluding hydrogens is 246 g/mol. The zero-order chi connectivity index (χ0) is 13.4. The molecule has 1 aromatic rings. The van der Waals surface area contributed by atoms with Crippen LogP contribution in [0.5, 0.6) is 0 Å². The van der Waals surface area contributed by atoms with Gasteiger partial charge in [0.2, 0.25) is 0 Å². The molecular formula is C14H23NO2S. The molecule has 0 heterocycles. The second-order valence-corrected chi connectivity index (χ2v) is 7.15. The zero-order valence-electron chi connectivity index (χ0n) is 11.2. The highest BCUT2D eigenvalue weighted by atomic mass is 32.2. The third-order valence-corrected chi connectivity index (χ3v) is 4.02. The maximum Gasteiger partial charge on any atom is 0.147 e. The fraction of sp³-hybridized carbons (Fsp3) is 0.571. The monoisotopic (exact) mass is 269 g/mol. The molecule has 0 aliphatic rings. The average Bonchev–Trinajstić information content (AvgIpc) is 2.29. The lowest BCUT2D eigenvalue weighted by molar-refractivity contribution is 0.455. The van der Waals surface area contributed by atoms with Crippen LogP contribution in [0, 0.1) is 5.92 Å². The molecule has 0 saturated heterocycles. The first-order valence-corrected chi connectivity index (χ1v) is 8.43. The predicted molar refractivity (Wildman–Crippen MR) is 76.5 cm³/mol. The minimum atomic E-state index is -2.83. The molecule has 0 amide bonds. The Hall–Kier alpha value is -0.870. The lowest BCUT2D eigenvalue weighted by Gasteiger charge is -2.16. The number of benzene rings is 1. The van der Waals surface area contributed by atoms with Crippen molar-refractivity contribution in [3.05, 3.63) is 35.9 Å². The van der Waals surface area contributed by atoms with Gasteiger partial charge in [-0.1, -0.05) is 30.3 Å². The van der Waals surface area contributed by atoms with E-state index < -0.39 is 9.84 Å². The molecule has 0 aliphatic carbocycles. The zero-order valence-corrected chi connectivity index (χ0v) is 12.0. The Morgan fingerprint density at radius 3 is 2.44 bits per heavy atom. The van der Waals surface area contributed by atoms with Crippen LogP contribution >= 0.6 is 0 Å². The third-order valence-electron chi connectivity index (χ3n) is 2.99. The van der Waals surface area contributed by atoms with Gasteiger partial charge in [-0.05, 0) is 44.3 Å². The topological polar surface area (TPSA) is 46.2 Å². The van der Waals surface area contributed by atoms with Crippen molar-refractivity contribution in [2.24, 2.45) is 5.92 Å². The van der Waals surface area contributed by atoms with E-state index >= 15 is 0 Å². The van der Waals surface area contributed by atoms with Gasteiger partial charge in [0.25, 0.3) is 0 Å². The standard InChI is InChI=1S/C14H23NO2S/c1-15-12-14(9-6-10-18(2,16)17)11-13-7-4-3-5-8-13/h3-5,7-8,14-15H,6,9-12H2,1-2H3. The molecule has 1 rings (SSSR count). The predicted octanol–water partition coefficient (Wildman–Crippen LogP) is 1.89. The van der Waals surface area contributed by atoms with Crippen molar-refractivity contribution in [3.63, 3.8) is 0 Å². The molecule has 1 N–H and O–H groups in total. The summed E-state index contributed by atoms with van der Waals surface area (Å²) < 4.78 is 22.2. The first-order chi connectivity index (χ1) is 8.51. The summed E-state index contributed by atoms with van der Waals surface area (Å²) in [5.74, 6) is 0.793. The minimum Gasteiger partial charge on any atom is -0.319 e. The molecule has 18 heavy (non-hydrogen) atoms. The van der Waals surface area contributed by atoms with Gasteiger partial charge < -0.3 is 5.32 Å². The summed E-state index contributed by atoms with van der Waals surface area (Å²) in [6.45, 7) is 0.929. The molecule has 0 aromatic heterocycles. The van der Waals surface area contributed by atoms with Gasteiger partial charge in [-0.2, -0.15) is 0 Å². The van der Waals surface area contributed by atoms with Gasteiger partial charge in [0, 0.05) is 12.0 Å². The Bertz CT molecular complexity index is 428. The van der Waals surface area contributed by atoms with Gasteiger partial charge in [-0.3, -0.25) is 0 Å². The van der Waals surface area contributed by atoms with Gasteiger partial charge in [-0.25, -0.2) is 8.42 Å². The lowest BCUT2D eigenvalue weighted by atomic mass is 9.95. The lowest BCUT2D eigenvalue weighted by Crippen LogP contribution is -2.21. The van der Waals surface area contributed by atoms with E-state index in [1.807, 2.05) is 25.2 Å². The van der Waals surface area contributed by atoms with E-state index in [0.717, 1.165) is 25.8 Å². The van der Waals surface area contributed by atoms with E-state index in [9.17, 15) is 8.42 Å². The van der Waals surface area contributed by atoms with Gasteiger partial charge in [0.05, 0.1) is 0 Å². The SMILES string of the molecule is CNCC(CCCS(C)(=O)=O)Cc1ccccc1. The van der Waals surface area contributed by atoms with Gasteiger partial charge in [0.1, 0.15) is 9.84 Å². The highest BCUT2D eigenvalue weighted by Crippen LogP contribution is 2.14.